The molecule has 0 bridgehead atoms. The average Bonchev–Trinajstić information content (AvgIpc) is 3.18. The SMILES string of the molecule is O=C(Cn1nnc2ccccc21)NC[C@@H]1COc2ccccc21. The van der Waals surface area contributed by atoms with E-state index in [9.17, 15) is 4.79 Å². The van der Waals surface area contributed by atoms with Gasteiger partial charge < -0.3 is 10.1 Å². The molecule has 1 amide bonds. The zero-order valence-corrected chi connectivity index (χ0v) is 12.5. The maximum absolute atomic E-state index is 12.2. The van der Waals surface area contributed by atoms with Crippen molar-refractivity contribution >= 4 is 16.9 Å². The van der Waals surface area contributed by atoms with E-state index in [1.165, 1.54) is 0 Å². The topological polar surface area (TPSA) is 69.0 Å². The molecule has 0 radical (unpaired) electrons. The number of nitrogens with zero attached hydrogens (tertiary/aromatic N) is 3. The largest absolute Gasteiger partial charge is 0.493 e. The van der Waals surface area contributed by atoms with Crippen molar-refractivity contribution in [1.82, 2.24) is 20.3 Å². The molecular formula is C17H16N4O2. The van der Waals surface area contributed by atoms with Gasteiger partial charge in [0.2, 0.25) is 5.91 Å². The van der Waals surface area contributed by atoms with Crippen molar-refractivity contribution in [3.05, 3.63) is 54.1 Å². The number of carbonyl (C=O) groups is 1. The fraction of sp³-hybridized carbons (Fsp3) is 0.235. The molecule has 0 unspecified atom stereocenters. The van der Waals surface area contributed by atoms with E-state index >= 15 is 0 Å². The first-order valence-corrected chi connectivity index (χ1v) is 7.58. The van der Waals surface area contributed by atoms with E-state index in [1.54, 1.807) is 4.68 Å². The second-order valence-electron chi connectivity index (χ2n) is 5.59. The van der Waals surface area contributed by atoms with Gasteiger partial charge in [0.25, 0.3) is 0 Å². The number of para-hydroxylation sites is 2. The molecule has 2 aromatic carbocycles. The third-order valence-electron chi connectivity index (χ3n) is 4.06. The summed E-state index contributed by atoms with van der Waals surface area (Å²) in [5.41, 5.74) is 2.80. The van der Waals surface area contributed by atoms with Gasteiger partial charge in [-0.1, -0.05) is 35.5 Å². The summed E-state index contributed by atoms with van der Waals surface area (Å²) >= 11 is 0. The van der Waals surface area contributed by atoms with E-state index in [1.807, 2.05) is 48.5 Å². The molecular weight excluding hydrogens is 292 g/mol. The molecule has 0 fully saturated rings. The van der Waals surface area contributed by atoms with E-state index in [4.69, 9.17) is 4.74 Å². The normalized spacial score (nSPS) is 16.1. The first-order valence-electron chi connectivity index (χ1n) is 7.58. The molecule has 1 atom stereocenters. The number of carbonyl (C=O) groups excluding carboxylic acids is 1. The zero-order chi connectivity index (χ0) is 15.6. The van der Waals surface area contributed by atoms with E-state index in [-0.39, 0.29) is 18.4 Å². The summed E-state index contributed by atoms with van der Waals surface area (Å²) in [7, 11) is 0. The first kappa shape index (κ1) is 13.8. The van der Waals surface area contributed by atoms with Crippen molar-refractivity contribution in [1.29, 1.82) is 0 Å². The lowest BCUT2D eigenvalue weighted by atomic mass is 10.0. The third kappa shape index (κ3) is 2.63. The lowest BCUT2D eigenvalue weighted by Crippen LogP contribution is -2.32. The monoisotopic (exact) mass is 308 g/mol. The van der Waals surface area contributed by atoms with Crippen LogP contribution < -0.4 is 10.1 Å². The van der Waals surface area contributed by atoms with Gasteiger partial charge in [0.05, 0.1) is 12.1 Å². The maximum atomic E-state index is 12.2. The van der Waals surface area contributed by atoms with Gasteiger partial charge in [-0.15, -0.1) is 5.10 Å². The van der Waals surface area contributed by atoms with Crippen LogP contribution in [-0.4, -0.2) is 34.1 Å². The van der Waals surface area contributed by atoms with Crippen LogP contribution in [0.15, 0.2) is 48.5 Å². The van der Waals surface area contributed by atoms with Crippen LogP contribution in [-0.2, 0) is 11.3 Å². The van der Waals surface area contributed by atoms with Gasteiger partial charge in [0.15, 0.2) is 0 Å². The molecule has 1 aromatic heterocycles. The Kier molecular flexibility index (Phi) is 3.42. The van der Waals surface area contributed by atoms with Crippen molar-refractivity contribution < 1.29 is 9.53 Å². The molecule has 0 saturated heterocycles. The Hall–Kier alpha value is -2.89. The summed E-state index contributed by atoms with van der Waals surface area (Å²) in [6.07, 6.45) is 0. The zero-order valence-electron chi connectivity index (χ0n) is 12.5. The number of aromatic nitrogens is 3. The van der Waals surface area contributed by atoms with Crippen LogP contribution in [0.5, 0.6) is 5.75 Å². The number of rotatable bonds is 4. The van der Waals surface area contributed by atoms with Gasteiger partial charge in [-0.05, 0) is 18.2 Å². The number of fused-ring (bicyclic) bond motifs is 2. The Bertz CT molecular complexity index is 858. The molecule has 6 nitrogen and oxygen atoms in total. The van der Waals surface area contributed by atoms with E-state index in [0.717, 1.165) is 22.3 Å². The number of hydrogen-bond acceptors (Lipinski definition) is 4. The van der Waals surface area contributed by atoms with E-state index < -0.39 is 0 Å². The van der Waals surface area contributed by atoms with Crippen LogP contribution >= 0.6 is 0 Å². The summed E-state index contributed by atoms with van der Waals surface area (Å²) < 4.78 is 7.24. The average molecular weight is 308 g/mol. The fourth-order valence-corrected chi connectivity index (χ4v) is 2.86. The van der Waals surface area contributed by atoms with Crippen LogP contribution in [0.2, 0.25) is 0 Å². The summed E-state index contributed by atoms with van der Waals surface area (Å²) in [5.74, 6) is 1.03. The van der Waals surface area contributed by atoms with Gasteiger partial charge in [0, 0.05) is 18.0 Å². The van der Waals surface area contributed by atoms with Crippen LogP contribution in [0.25, 0.3) is 11.0 Å². The summed E-state index contributed by atoms with van der Waals surface area (Å²) in [5, 5.41) is 11.0. The number of hydrogen-bond donors (Lipinski definition) is 1. The van der Waals surface area contributed by atoms with Crippen molar-refractivity contribution in [3.63, 3.8) is 0 Å². The Morgan fingerprint density at radius 3 is 3.00 bits per heavy atom. The lowest BCUT2D eigenvalue weighted by Gasteiger charge is -2.10. The minimum atomic E-state index is -0.0787. The molecule has 0 spiro atoms. The molecule has 1 aliphatic heterocycles. The van der Waals surface area contributed by atoms with Gasteiger partial charge in [-0.3, -0.25) is 4.79 Å². The highest BCUT2D eigenvalue weighted by Crippen LogP contribution is 2.32. The second kappa shape index (κ2) is 5.72. The Morgan fingerprint density at radius 2 is 2.04 bits per heavy atom. The van der Waals surface area contributed by atoms with Crippen molar-refractivity contribution in [2.45, 2.75) is 12.5 Å². The van der Waals surface area contributed by atoms with Gasteiger partial charge in [-0.2, -0.15) is 0 Å². The lowest BCUT2D eigenvalue weighted by molar-refractivity contribution is -0.121. The van der Waals surface area contributed by atoms with Crippen LogP contribution in [0.4, 0.5) is 0 Å². The highest BCUT2D eigenvalue weighted by atomic mass is 16.5. The summed E-state index contributed by atoms with van der Waals surface area (Å²) in [6.45, 7) is 1.32. The quantitative estimate of drug-likeness (QED) is 0.797. The Morgan fingerprint density at radius 1 is 1.22 bits per heavy atom. The van der Waals surface area contributed by atoms with Gasteiger partial charge >= 0.3 is 0 Å². The smallest absolute Gasteiger partial charge is 0.241 e. The molecule has 0 saturated carbocycles. The predicted molar refractivity (Wildman–Crippen MR) is 85.2 cm³/mol. The van der Waals surface area contributed by atoms with Crippen molar-refractivity contribution in [2.24, 2.45) is 0 Å². The van der Waals surface area contributed by atoms with E-state index in [2.05, 4.69) is 15.6 Å². The molecule has 116 valence electrons. The number of amides is 1. The fourth-order valence-electron chi connectivity index (χ4n) is 2.86. The maximum Gasteiger partial charge on any atom is 0.241 e. The Balaban J connectivity index is 1.40. The molecule has 1 N–H and O–H groups in total. The molecule has 1 aliphatic rings. The molecule has 23 heavy (non-hydrogen) atoms. The van der Waals surface area contributed by atoms with Crippen molar-refractivity contribution in [3.8, 4) is 5.75 Å². The highest BCUT2D eigenvalue weighted by Gasteiger charge is 2.23. The number of ether oxygens (including phenoxy) is 1. The molecule has 3 aromatic rings. The second-order valence-corrected chi connectivity index (χ2v) is 5.59. The Labute approximate surface area is 133 Å². The summed E-state index contributed by atoms with van der Waals surface area (Å²) in [6, 6.07) is 15.5. The molecule has 4 rings (SSSR count). The molecule has 2 heterocycles. The minimum absolute atomic E-state index is 0.0787. The third-order valence-corrected chi connectivity index (χ3v) is 4.06. The van der Waals surface area contributed by atoms with Crippen LogP contribution in [0, 0.1) is 0 Å². The predicted octanol–water partition coefficient (Wildman–Crippen LogP) is 1.72. The first-order chi connectivity index (χ1) is 11.3. The standard InChI is InChI=1S/C17H16N4O2/c22-17(10-21-15-7-3-2-6-14(15)19-20-21)18-9-12-11-23-16-8-4-1-5-13(12)16/h1-8,12H,9-11H2,(H,18,22)/t12-/m1/s1. The molecule has 6 heteroatoms. The summed E-state index contributed by atoms with van der Waals surface area (Å²) in [4.78, 5) is 12.2. The minimum Gasteiger partial charge on any atom is -0.493 e. The van der Waals surface area contributed by atoms with E-state index in [0.29, 0.717) is 13.2 Å². The van der Waals surface area contributed by atoms with Crippen molar-refractivity contribution in [2.75, 3.05) is 13.2 Å². The number of nitrogens with one attached hydrogen (secondary N) is 1. The van der Waals surface area contributed by atoms with Crippen LogP contribution in [0.1, 0.15) is 11.5 Å². The van der Waals surface area contributed by atoms with Gasteiger partial charge in [-0.25, -0.2) is 4.68 Å². The van der Waals surface area contributed by atoms with Crippen LogP contribution in [0.3, 0.4) is 0 Å². The highest BCUT2D eigenvalue weighted by molar-refractivity contribution is 5.79. The number of benzene rings is 2. The molecule has 0 aliphatic carbocycles. The van der Waals surface area contributed by atoms with Gasteiger partial charge in [0.1, 0.15) is 17.8 Å².